The van der Waals surface area contributed by atoms with Crippen LogP contribution in [-0.2, 0) is 9.84 Å². The lowest BCUT2D eigenvalue weighted by Gasteiger charge is -2.24. The van der Waals surface area contributed by atoms with Gasteiger partial charge >= 0.3 is 0 Å². The molecule has 0 aliphatic rings. The zero-order chi connectivity index (χ0) is 13.6. The number of sulfone groups is 1. The summed E-state index contributed by atoms with van der Waals surface area (Å²) in [6, 6.07) is 9.66. The Bertz CT molecular complexity index is 486. The minimum atomic E-state index is -2.97. The van der Waals surface area contributed by atoms with Crippen molar-refractivity contribution in [2.45, 2.75) is 6.42 Å². The van der Waals surface area contributed by atoms with E-state index in [2.05, 4.69) is 0 Å². The highest BCUT2D eigenvalue weighted by Gasteiger charge is 2.10. The number of anilines is 1. The lowest BCUT2D eigenvalue weighted by molar-refractivity contribution is 0.600. The molecule has 4 nitrogen and oxygen atoms in total. The fourth-order valence-electron chi connectivity index (χ4n) is 1.53. The van der Waals surface area contributed by atoms with E-state index in [-0.39, 0.29) is 5.75 Å². The van der Waals surface area contributed by atoms with E-state index in [4.69, 9.17) is 18.0 Å². The van der Waals surface area contributed by atoms with Crippen LogP contribution < -0.4 is 10.6 Å². The van der Waals surface area contributed by atoms with Crippen LogP contribution in [0.15, 0.2) is 30.3 Å². The first-order valence-corrected chi connectivity index (χ1v) is 8.11. The van der Waals surface area contributed by atoms with E-state index < -0.39 is 9.84 Å². The fraction of sp³-hybridized carbons (Fsp3) is 0.417. The maximum atomic E-state index is 11.2. The highest BCUT2D eigenvalue weighted by atomic mass is 32.2. The van der Waals surface area contributed by atoms with Crippen LogP contribution in [0, 0.1) is 0 Å². The fourth-order valence-corrected chi connectivity index (χ4v) is 2.17. The molecule has 1 rings (SSSR count). The number of benzene rings is 1. The van der Waals surface area contributed by atoms with Gasteiger partial charge < -0.3 is 10.6 Å². The number of nitrogens with two attached hydrogens (primary N) is 1. The zero-order valence-electron chi connectivity index (χ0n) is 10.4. The molecule has 0 fully saturated rings. The predicted molar refractivity (Wildman–Crippen MR) is 79.8 cm³/mol. The summed E-state index contributed by atoms with van der Waals surface area (Å²) in [7, 11) is -2.97. The minimum absolute atomic E-state index is 0.124. The van der Waals surface area contributed by atoms with Crippen molar-refractivity contribution in [3.05, 3.63) is 30.3 Å². The Morgan fingerprint density at radius 3 is 2.39 bits per heavy atom. The summed E-state index contributed by atoms with van der Waals surface area (Å²) < 4.78 is 22.5. The molecule has 0 atom stereocenters. The van der Waals surface area contributed by atoms with E-state index >= 15 is 0 Å². The van der Waals surface area contributed by atoms with Crippen LogP contribution in [0.4, 0.5) is 5.69 Å². The molecule has 2 N–H and O–H groups in total. The molecular weight excluding hydrogens is 268 g/mol. The van der Waals surface area contributed by atoms with E-state index in [9.17, 15) is 8.42 Å². The van der Waals surface area contributed by atoms with Gasteiger partial charge in [0.25, 0.3) is 0 Å². The van der Waals surface area contributed by atoms with E-state index in [1.54, 1.807) is 0 Å². The van der Waals surface area contributed by atoms with E-state index in [0.29, 0.717) is 24.5 Å². The van der Waals surface area contributed by atoms with Gasteiger partial charge in [0, 0.05) is 31.5 Å². The van der Waals surface area contributed by atoms with Gasteiger partial charge in [0.2, 0.25) is 0 Å². The summed E-state index contributed by atoms with van der Waals surface area (Å²) in [5, 5.41) is 0. The first-order valence-electron chi connectivity index (χ1n) is 5.64. The normalized spacial score (nSPS) is 11.2. The average Bonchev–Trinajstić information content (AvgIpc) is 2.28. The highest BCUT2D eigenvalue weighted by molar-refractivity contribution is 7.90. The summed E-state index contributed by atoms with van der Waals surface area (Å²) >= 11 is 4.85. The second-order valence-electron chi connectivity index (χ2n) is 4.17. The van der Waals surface area contributed by atoms with Gasteiger partial charge in [-0.05, 0) is 12.1 Å². The van der Waals surface area contributed by atoms with Crippen molar-refractivity contribution in [2.75, 3.05) is 30.0 Å². The molecule has 0 saturated heterocycles. The molecular formula is C12H18N2O2S2. The van der Waals surface area contributed by atoms with Crippen LogP contribution in [0.5, 0.6) is 0 Å². The Morgan fingerprint density at radius 2 is 1.89 bits per heavy atom. The molecule has 0 heterocycles. The largest absolute Gasteiger partial charge is 0.393 e. The average molecular weight is 286 g/mol. The number of hydrogen-bond donors (Lipinski definition) is 1. The third-order valence-corrected chi connectivity index (χ3v) is 3.61. The number of hydrogen-bond acceptors (Lipinski definition) is 4. The molecule has 0 spiro atoms. The van der Waals surface area contributed by atoms with E-state index in [1.807, 2.05) is 35.2 Å². The Labute approximate surface area is 114 Å². The maximum absolute atomic E-state index is 11.2. The first kappa shape index (κ1) is 14.9. The van der Waals surface area contributed by atoms with Gasteiger partial charge in [0.15, 0.2) is 0 Å². The molecule has 6 heteroatoms. The molecule has 18 heavy (non-hydrogen) atoms. The van der Waals surface area contributed by atoms with Crippen LogP contribution in [0.1, 0.15) is 6.42 Å². The summed E-state index contributed by atoms with van der Waals surface area (Å²) in [5.41, 5.74) is 6.47. The molecule has 0 aliphatic carbocycles. The van der Waals surface area contributed by atoms with Crippen LogP contribution >= 0.6 is 12.2 Å². The SMILES string of the molecule is CS(=O)(=O)CCN(CCC(N)=S)c1ccccc1. The summed E-state index contributed by atoms with van der Waals surface area (Å²) in [4.78, 5) is 2.43. The second kappa shape index (κ2) is 6.70. The molecule has 0 unspecified atom stereocenters. The number of para-hydroxylation sites is 1. The predicted octanol–water partition coefficient (Wildman–Crippen LogP) is 1.21. The quantitative estimate of drug-likeness (QED) is 0.763. The monoisotopic (exact) mass is 286 g/mol. The molecule has 100 valence electrons. The lowest BCUT2D eigenvalue weighted by Crippen LogP contribution is -2.32. The second-order valence-corrected chi connectivity index (χ2v) is 6.95. The molecule has 0 bridgehead atoms. The maximum Gasteiger partial charge on any atom is 0.149 e. The molecule has 1 aromatic rings. The van der Waals surface area contributed by atoms with Crippen molar-refractivity contribution >= 4 is 32.7 Å². The highest BCUT2D eigenvalue weighted by Crippen LogP contribution is 2.13. The summed E-state index contributed by atoms with van der Waals surface area (Å²) in [5.74, 6) is 0.124. The smallest absolute Gasteiger partial charge is 0.149 e. The van der Waals surface area contributed by atoms with Crippen molar-refractivity contribution in [3.63, 3.8) is 0 Å². The van der Waals surface area contributed by atoms with Crippen LogP contribution in [-0.4, -0.2) is 38.5 Å². The lowest BCUT2D eigenvalue weighted by atomic mass is 10.2. The van der Waals surface area contributed by atoms with Gasteiger partial charge in [-0.2, -0.15) is 0 Å². The van der Waals surface area contributed by atoms with Gasteiger partial charge in [-0.3, -0.25) is 0 Å². The molecule has 0 saturated carbocycles. The third-order valence-electron chi connectivity index (χ3n) is 2.48. The van der Waals surface area contributed by atoms with E-state index in [1.165, 1.54) is 6.26 Å². The number of rotatable bonds is 7. The van der Waals surface area contributed by atoms with Crippen molar-refractivity contribution < 1.29 is 8.42 Å². The topological polar surface area (TPSA) is 63.4 Å². The van der Waals surface area contributed by atoms with Gasteiger partial charge in [-0.15, -0.1) is 0 Å². The molecule has 0 amide bonds. The third kappa shape index (κ3) is 5.97. The van der Waals surface area contributed by atoms with Gasteiger partial charge in [-0.25, -0.2) is 8.42 Å². The van der Waals surface area contributed by atoms with Crippen LogP contribution in [0.3, 0.4) is 0 Å². The van der Waals surface area contributed by atoms with Crippen molar-refractivity contribution in [3.8, 4) is 0 Å². The molecule has 0 aliphatic heterocycles. The number of nitrogens with zero attached hydrogens (tertiary/aromatic N) is 1. The van der Waals surface area contributed by atoms with Crippen molar-refractivity contribution in [1.29, 1.82) is 0 Å². The minimum Gasteiger partial charge on any atom is -0.393 e. The van der Waals surface area contributed by atoms with Crippen LogP contribution in [0.2, 0.25) is 0 Å². The zero-order valence-corrected chi connectivity index (χ0v) is 12.0. The Morgan fingerprint density at radius 1 is 1.28 bits per heavy atom. The Kier molecular flexibility index (Phi) is 5.55. The van der Waals surface area contributed by atoms with Crippen molar-refractivity contribution in [1.82, 2.24) is 0 Å². The van der Waals surface area contributed by atoms with Crippen LogP contribution in [0.25, 0.3) is 0 Å². The molecule has 1 aromatic carbocycles. The molecule has 0 radical (unpaired) electrons. The van der Waals surface area contributed by atoms with E-state index in [0.717, 1.165) is 5.69 Å². The van der Waals surface area contributed by atoms with Crippen molar-refractivity contribution in [2.24, 2.45) is 5.73 Å². The first-order chi connectivity index (χ1) is 8.38. The summed E-state index contributed by atoms with van der Waals surface area (Å²) in [6.45, 7) is 1.08. The summed E-state index contributed by atoms with van der Waals surface area (Å²) in [6.07, 6.45) is 1.82. The molecule has 0 aromatic heterocycles. The Hall–Kier alpha value is -1.14. The Balaban J connectivity index is 2.72. The standard InChI is InChI=1S/C12H18N2O2S2/c1-18(15,16)10-9-14(8-7-12(13)17)11-5-3-2-4-6-11/h2-6H,7-10H2,1H3,(H2,13,17). The van der Waals surface area contributed by atoms with Gasteiger partial charge in [0.05, 0.1) is 10.7 Å². The number of thiocarbonyl (C=S) groups is 1. The van der Waals surface area contributed by atoms with Gasteiger partial charge in [-0.1, -0.05) is 30.4 Å². The van der Waals surface area contributed by atoms with Gasteiger partial charge in [0.1, 0.15) is 9.84 Å².